The van der Waals surface area contributed by atoms with E-state index in [1.807, 2.05) is 6.92 Å². The van der Waals surface area contributed by atoms with E-state index in [2.05, 4.69) is 24.9 Å². The van der Waals surface area contributed by atoms with Crippen molar-refractivity contribution in [2.45, 2.75) is 25.3 Å². The number of nitrogens with zero attached hydrogens (tertiary/aromatic N) is 2. The van der Waals surface area contributed by atoms with E-state index in [9.17, 15) is 8.42 Å². The number of imidazole rings is 1. The van der Waals surface area contributed by atoms with Gasteiger partial charge in [0.2, 0.25) is 0 Å². The predicted octanol–water partition coefficient (Wildman–Crippen LogP) is 0.804. The molecule has 17 heavy (non-hydrogen) atoms. The maximum absolute atomic E-state index is 12.0. The summed E-state index contributed by atoms with van der Waals surface area (Å²) < 4.78 is 26.3. The van der Waals surface area contributed by atoms with Crippen LogP contribution in [0.2, 0.25) is 0 Å². The third kappa shape index (κ3) is 2.31. The lowest BCUT2D eigenvalue weighted by Crippen LogP contribution is -2.14. The molecule has 0 fully saturated rings. The minimum atomic E-state index is -3.63. The first-order valence-corrected chi connectivity index (χ1v) is 6.58. The first-order chi connectivity index (χ1) is 8.03. The largest absolute Gasteiger partial charge is 0.332 e. The van der Waals surface area contributed by atoms with Crippen molar-refractivity contribution in [3.05, 3.63) is 23.8 Å². The van der Waals surface area contributed by atoms with Crippen molar-refractivity contribution in [3.8, 4) is 0 Å². The van der Waals surface area contributed by atoms with Crippen LogP contribution in [0, 0.1) is 6.92 Å². The average Bonchev–Trinajstić information content (AvgIpc) is 2.88. The number of hydrogen-bond acceptors (Lipinski definition) is 4. The van der Waals surface area contributed by atoms with Crippen LogP contribution in [0.3, 0.4) is 0 Å². The summed E-state index contributed by atoms with van der Waals surface area (Å²) in [7, 11) is -3.63. The van der Waals surface area contributed by atoms with Crippen LogP contribution in [-0.4, -0.2) is 28.6 Å². The molecule has 7 nitrogen and oxygen atoms in total. The van der Waals surface area contributed by atoms with Crippen molar-refractivity contribution in [1.82, 2.24) is 20.2 Å². The van der Waals surface area contributed by atoms with Crippen LogP contribution < -0.4 is 4.72 Å². The van der Waals surface area contributed by atoms with Crippen LogP contribution in [0.25, 0.3) is 0 Å². The van der Waals surface area contributed by atoms with Gasteiger partial charge in [-0.3, -0.25) is 9.82 Å². The number of aryl methyl sites for hydroxylation is 2. The second-order valence-electron chi connectivity index (χ2n) is 3.58. The van der Waals surface area contributed by atoms with Gasteiger partial charge in [0.1, 0.15) is 11.6 Å². The molecule has 2 aromatic rings. The van der Waals surface area contributed by atoms with Gasteiger partial charge in [0.05, 0.1) is 12.4 Å². The summed E-state index contributed by atoms with van der Waals surface area (Å²) in [6, 6.07) is 0. The van der Waals surface area contributed by atoms with Gasteiger partial charge in [0.15, 0.2) is 5.03 Å². The van der Waals surface area contributed by atoms with Crippen molar-refractivity contribution in [1.29, 1.82) is 0 Å². The molecule has 0 radical (unpaired) electrons. The van der Waals surface area contributed by atoms with Crippen molar-refractivity contribution in [3.63, 3.8) is 0 Å². The minimum absolute atomic E-state index is 0.0448. The normalized spacial score (nSPS) is 11.6. The average molecular weight is 255 g/mol. The van der Waals surface area contributed by atoms with E-state index in [0.29, 0.717) is 18.1 Å². The highest BCUT2D eigenvalue weighted by Crippen LogP contribution is 2.15. The van der Waals surface area contributed by atoms with E-state index < -0.39 is 10.0 Å². The zero-order chi connectivity index (χ0) is 12.5. The number of H-pyrrole nitrogens is 2. The lowest BCUT2D eigenvalue weighted by atomic mass is 10.4. The van der Waals surface area contributed by atoms with Crippen LogP contribution in [0.15, 0.2) is 17.4 Å². The molecular weight excluding hydrogens is 242 g/mol. The van der Waals surface area contributed by atoms with Gasteiger partial charge < -0.3 is 4.98 Å². The molecule has 0 amide bonds. The molecule has 0 saturated heterocycles. The maximum Gasteiger partial charge on any atom is 0.280 e. The Hall–Kier alpha value is -1.83. The van der Waals surface area contributed by atoms with Crippen molar-refractivity contribution in [2.75, 3.05) is 4.72 Å². The molecule has 0 atom stereocenters. The molecule has 0 spiro atoms. The molecule has 2 heterocycles. The highest BCUT2D eigenvalue weighted by Gasteiger charge is 2.18. The quantitative estimate of drug-likeness (QED) is 0.751. The number of rotatable bonds is 4. The van der Waals surface area contributed by atoms with Crippen LogP contribution in [-0.2, 0) is 16.4 Å². The number of hydrogen-bond donors (Lipinski definition) is 3. The van der Waals surface area contributed by atoms with Gasteiger partial charge in [-0.25, -0.2) is 4.98 Å². The monoisotopic (exact) mass is 255 g/mol. The molecule has 0 aromatic carbocycles. The lowest BCUT2D eigenvalue weighted by molar-refractivity contribution is 0.597. The van der Waals surface area contributed by atoms with Crippen molar-refractivity contribution >= 4 is 15.8 Å². The van der Waals surface area contributed by atoms with Gasteiger partial charge in [0.25, 0.3) is 10.0 Å². The van der Waals surface area contributed by atoms with Gasteiger partial charge in [-0.15, -0.1) is 0 Å². The Morgan fingerprint density at radius 3 is 2.71 bits per heavy atom. The summed E-state index contributed by atoms with van der Waals surface area (Å²) >= 11 is 0. The smallest absolute Gasteiger partial charge is 0.280 e. The summed E-state index contributed by atoms with van der Waals surface area (Å²) in [4.78, 5) is 6.69. The molecule has 0 bridgehead atoms. The van der Waals surface area contributed by atoms with Crippen LogP contribution in [0.5, 0.6) is 0 Å². The maximum atomic E-state index is 12.0. The first-order valence-electron chi connectivity index (χ1n) is 5.09. The number of aromatic amines is 2. The van der Waals surface area contributed by atoms with E-state index in [-0.39, 0.29) is 5.03 Å². The second kappa shape index (κ2) is 4.21. The van der Waals surface area contributed by atoms with Gasteiger partial charge in [0, 0.05) is 12.0 Å². The molecule has 2 aromatic heterocycles. The predicted molar refractivity (Wildman–Crippen MR) is 62.1 cm³/mol. The Bertz CT molecular complexity index is 613. The molecule has 8 heteroatoms. The van der Waals surface area contributed by atoms with Crippen LogP contribution >= 0.6 is 0 Å². The van der Waals surface area contributed by atoms with Gasteiger partial charge in [-0.2, -0.15) is 13.5 Å². The van der Waals surface area contributed by atoms with E-state index in [1.54, 1.807) is 13.1 Å². The van der Waals surface area contributed by atoms with Gasteiger partial charge >= 0.3 is 0 Å². The number of sulfonamides is 1. The molecule has 92 valence electrons. The molecule has 0 aliphatic rings. The first kappa shape index (κ1) is 11.6. The van der Waals surface area contributed by atoms with E-state index >= 15 is 0 Å². The topological polar surface area (TPSA) is 104 Å². The number of anilines is 1. The SMILES string of the molecule is CCc1ncc(S(=O)(=O)Nc2[nH]ncc2C)[nH]1. The minimum Gasteiger partial charge on any atom is -0.332 e. The molecule has 0 aliphatic carbocycles. The fraction of sp³-hybridized carbons (Fsp3) is 0.333. The van der Waals surface area contributed by atoms with Crippen LogP contribution in [0.1, 0.15) is 18.3 Å². The summed E-state index contributed by atoms with van der Waals surface area (Å²) in [5, 5.41) is 6.37. The summed E-state index contributed by atoms with van der Waals surface area (Å²) in [5.41, 5.74) is 0.726. The fourth-order valence-corrected chi connectivity index (χ4v) is 2.33. The zero-order valence-corrected chi connectivity index (χ0v) is 10.3. The molecular formula is C9H13N5O2S. The Morgan fingerprint density at radius 1 is 1.41 bits per heavy atom. The number of aromatic nitrogens is 4. The molecule has 0 unspecified atom stereocenters. The summed E-state index contributed by atoms with van der Waals surface area (Å²) in [6.07, 6.45) is 3.49. The lowest BCUT2D eigenvalue weighted by Gasteiger charge is -2.04. The summed E-state index contributed by atoms with van der Waals surface area (Å²) in [5.74, 6) is 0.990. The Morgan fingerprint density at radius 2 is 2.18 bits per heavy atom. The van der Waals surface area contributed by atoms with Crippen molar-refractivity contribution < 1.29 is 8.42 Å². The van der Waals surface area contributed by atoms with E-state index in [4.69, 9.17) is 0 Å². The third-order valence-corrected chi connectivity index (χ3v) is 3.55. The van der Waals surface area contributed by atoms with E-state index in [0.717, 1.165) is 5.56 Å². The molecule has 0 aliphatic heterocycles. The molecule has 2 rings (SSSR count). The van der Waals surface area contributed by atoms with Crippen molar-refractivity contribution in [2.24, 2.45) is 0 Å². The fourth-order valence-electron chi connectivity index (χ4n) is 1.30. The zero-order valence-electron chi connectivity index (χ0n) is 9.48. The highest BCUT2D eigenvalue weighted by atomic mass is 32.2. The van der Waals surface area contributed by atoms with E-state index in [1.165, 1.54) is 6.20 Å². The molecule has 3 N–H and O–H groups in total. The van der Waals surface area contributed by atoms with Gasteiger partial charge in [-0.1, -0.05) is 6.92 Å². The Balaban J connectivity index is 2.28. The summed E-state index contributed by atoms with van der Waals surface area (Å²) in [6.45, 7) is 3.65. The van der Waals surface area contributed by atoms with Crippen LogP contribution in [0.4, 0.5) is 5.82 Å². The van der Waals surface area contributed by atoms with Gasteiger partial charge in [-0.05, 0) is 6.92 Å². The number of nitrogens with one attached hydrogen (secondary N) is 3. The Kier molecular flexibility index (Phi) is 2.88. The molecule has 0 saturated carbocycles. The third-order valence-electron chi connectivity index (χ3n) is 2.29. The highest BCUT2D eigenvalue weighted by molar-refractivity contribution is 7.92. The Labute approximate surface area is 98.7 Å². The standard InChI is InChI=1S/C9H13N5O2S/c1-3-7-10-5-8(12-7)17(15,16)14-9-6(2)4-11-13-9/h4-5H,3H2,1-2H3,(H,10,12)(H2,11,13,14). The second-order valence-corrected chi connectivity index (χ2v) is 5.23.